The summed E-state index contributed by atoms with van der Waals surface area (Å²) in [6, 6.07) is 5.63. The molecule has 0 aliphatic heterocycles. The Labute approximate surface area is 88.3 Å². The number of carboxylic acids is 1. The maximum atomic E-state index is 12.2. The molecule has 0 unspecified atom stereocenters. The van der Waals surface area contributed by atoms with E-state index in [1.807, 2.05) is 0 Å². The molecule has 4 heteroatoms. The van der Waals surface area contributed by atoms with Gasteiger partial charge in [-0.05, 0) is 5.56 Å². The number of hydrogen-bond acceptors (Lipinski definition) is 1. The topological polar surface area (TPSA) is 37.3 Å². The molecule has 1 rings (SSSR count). The molecular formula is C7H4FO2Y-. The van der Waals surface area contributed by atoms with Gasteiger partial charge in [-0.2, -0.15) is 12.1 Å². The standard InChI is InChI=1S/C7H4FO2.Y/c8-6-3-1-2-5(4-6)7(9)10;/h1-2,4H,(H,9,10);/q-1;. The van der Waals surface area contributed by atoms with E-state index in [9.17, 15) is 9.18 Å². The van der Waals surface area contributed by atoms with Crippen LogP contribution >= 0.6 is 0 Å². The van der Waals surface area contributed by atoms with Gasteiger partial charge in [0, 0.05) is 38.5 Å². The van der Waals surface area contributed by atoms with Crippen LogP contribution in [0.25, 0.3) is 0 Å². The fourth-order valence-electron chi connectivity index (χ4n) is 0.570. The third-order valence-electron chi connectivity index (χ3n) is 1.01. The number of halogens is 1. The van der Waals surface area contributed by atoms with Crippen molar-refractivity contribution in [3.05, 3.63) is 35.6 Å². The van der Waals surface area contributed by atoms with Crippen LogP contribution in [-0.4, -0.2) is 11.1 Å². The zero-order valence-corrected chi connectivity index (χ0v) is 8.38. The number of rotatable bonds is 1. The fourth-order valence-corrected chi connectivity index (χ4v) is 0.570. The molecule has 55 valence electrons. The Morgan fingerprint density at radius 1 is 1.64 bits per heavy atom. The summed E-state index contributed by atoms with van der Waals surface area (Å²) in [6.07, 6.45) is 0. The van der Waals surface area contributed by atoms with Gasteiger partial charge in [0.05, 0.1) is 0 Å². The van der Waals surface area contributed by atoms with E-state index in [-0.39, 0.29) is 38.3 Å². The summed E-state index contributed by atoms with van der Waals surface area (Å²) in [7, 11) is 0. The molecule has 0 heterocycles. The van der Waals surface area contributed by atoms with Gasteiger partial charge < -0.3 is 5.11 Å². The van der Waals surface area contributed by atoms with Crippen molar-refractivity contribution >= 4 is 5.97 Å². The molecule has 0 aliphatic carbocycles. The molecular weight excluding hydrogens is 224 g/mol. The Hall–Kier alpha value is -0.276. The first-order chi connectivity index (χ1) is 4.70. The fraction of sp³-hybridized carbons (Fsp3) is 0. The first-order valence-electron chi connectivity index (χ1n) is 2.60. The molecule has 0 atom stereocenters. The van der Waals surface area contributed by atoms with Crippen LogP contribution in [0.1, 0.15) is 10.4 Å². The summed E-state index contributed by atoms with van der Waals surface area (Å²) in [4.78, 5) is 10.2. The van der Waals surface area contributed by atoms with Crippen LogP contribution in [0.2, 0.25) is 0 Å². The van der Waals surface area contributed by atoms with Crippen molar-refractivity contribution < 1.29 is 47.0 Å². The van der Waals surface area contributed by atoms with E-state index in [1.54, 1.807) is 0 Å². The number of aromatic carboxylic acids is 1. The smallest absolute Gasteiger partial charge is 0.311 e. The van der Waals surface area contributed by atoms with Gasteiger partial charge in [-0.3, -0.25) is 0 Å². The van der Waals surface area contributed by atoms with Crippen LogP contribution in [0.3, 0.4) is 0 Å². The van der Waals surface area contributed by atoms with Crippen molar-refractivity contribution in [1.82, 2.24) is 0 Å². The summed E-state index contributed by atoms with van der Waals surface area (Å²) in [5, 5.41) is 8.33. The molecule has 0 bridgehead atoms. The molecule has 1 N–H and O–H groups in total. The van der Waals surface area contributed by atoms with Crippen molar-refractivity contribution in [2.45, 2.75) is 0 Å². The van der Waals surface area contributed by atoms with E-state index in [1.165, 1.54) is 12.1 Å². The minimum absolute atomic E-state index is 0. The Balaban J connectivity index is 0.000001000. The third-order valence-corrected chi connectivity index (χ3v) is 1.01. The molecule has 0 spiro atoms. The Morgan fingerprint density at radius 3 is 2.64 bits per heavy atom. The monoisotopic (exact) mass is 228 g/mol. The summed E-state index contributed by atoms with van der Waals surface area (Å²) < 4.78 is 12.2. The summed E-state index contributed by atoms with van der Waals surface area (Å²) in [5.41, 5.74) is -0.0590. The predicted octanol–water partition coefficient (Wildman–Crippen LogP) is 1.32. The normalized spacial score (nSPS) is 8.45. The Kier molecular flexibility index (Phi) is 4.46. The summed E-state index contributed by atoms with van der Waals surface area (Å²) >= 11 is 0. The van der Waals surface area contributed by atoms with Crippen LogP contribution in [-0.2, 0) is 32.7 Å². The van der Waals surface area contributed by atoms with Crippen LogP contribution in [0.4, 0.5) is 4.39 Å². The van der Waals surface area contributed by atoms with E-state index in [4.69, 9.17) is 5.11 Å². The zero-order valence-electron chi connectivity index (χ0n) is 5.54. The maximum absolute atomic E-state index is 12.2. The molecule has 2 nitrogen and oxygen atoms in total. The van der Waals surface area contributed by atoms with E-state index in [2.05, 4.69) is 6.07 Å². The van der Waals surface area contributed by atoms with Crippen LogP contribution in [0.15, 0.2) is 18.2 Å². The molecule has 1 radical (unpaired) electrons. The molecule has 0 saturated carbocycles. The maximum Gasteiger partial charge on any atom is 0.311 e. The number of carbonyl (C=O) groups is 1. The predicted molar refractivity (Wildman–Crippen MR) is 32.2 cm³/mol. The molecule has 0 aromatic heterocycles. The van der Waals surface area contributed by atoms with Crippen LogP contribution < -0.4 is 0 Å². The van der Waals surface area contributed by atoms with Crippen LogP contribution in [0.5, 0.6) is 0 Å². The number of benzene rings is 1. The van der Waals surface area contributed by atoms with Gasteiger partial charge >= 0.3 is 5.97 Å². The van der Waals surface area contributed by atoms with E-state index >= 15 is 0 Å². The minimum Gasteiger partial charge on any atom is -0.479 e. The number of carboxylic acid groups (broad SMARTS) is 1. The van der Waals surface area contributed by atoms with E-state index < -0.39 is 11.8 Å². The van der Waals surface area contributed by atoms with Crippen molar-refractivity contribution in [3.63, 3.8) is 0 Å². The average Bonchev–Trinajstić information content (AvgIpc) is 1.88. The molecule has 0 amide bonds. The number of hydrogen-bond donors (Lipinski definition) is 1. The second-order valence-corrected chi connectivity index (χ2v) is 1.73. The molecule has 0 saturated heterocycles. The quantitative estimate of drug-likeness (QED) is 0.736. The van der Waals surface area contributed by atoms with Gasteiger partial charge in [0.25, 0.3) is 0 Å². The SMILES string of the molecule is O=C(O)c1cc[c-]c(F)c1.[Y]. The van der Waals surface area contributed by atoms with Crippen molar-refractivity contribution in [2.24, 2.45) is 0 Å². The van der Waals surface area contributed by atoms with Crippen molar-refractivity contribution in [3.8, 4) is 0 Å². The van der Waals surface area contributed by atoms with E-state index in [0.29, 0.717) is 0 Å². The molecule has 1 aromatic carbocycles. The van der Waals surface area contributed by atoms with Gasteiger partial charge in [-0.15, -0.1) is 12.1 Å². The third kappa shape index (κ3) is 3.08. The molecule has 11 heavy (non-hydrogen) atoms. The summed E-state index contributed by atoms with van der Waals surface area (Å²) in [5.74, 6) is -1.78. The van der Waals surface area contributed by atoms with Gasteiger partial charge in [0.1, 0.15) is 0 Å². The van der Waals surface area contributed by atoms with Gasteiger partial charge in [-0.25, -0.2) is 9.18 Å². The first kappa shape index (κ1) is 10.7. The molecule has 1 aromatic rings. The molecule has 0 aliphatic rings. The van der Waals surface area contributed by atoms with E-state index in [0.717, 1.165) is 6.07 Å². The van der Waals surface area contributed by atoms with Gasteiger partial charge in [-0.1, -0.05) is 0 Å². The molecule has 0 fully saturated rings. The van der Waals surface area contributed by atoms with Crippen LogP contribution in [0, 0.1) is 11.9 Å². The Bertz CT molecular complexity index is 262. The zero-order chi connectivity index (χ0) is 7.56. The average molecular weight is 228 g/mol. The first-order valence-corrected chi connectivity index (χ1v) is 2.60. The second-order valence-electron chi connectivity index (χ2n) is 1.73. The second kappa shape index (κ2) is 4.57. The van der Waals surface area contributed by atoms with Gasteiger partial charge in [0.15, 0.2) is 0 Å². The van der Waals surface area contributed by atoms with Crippen molar-refractivity contribution in [1.29, 1.82) is 0 Å². The minimum atomic E-state index is -1.13. The Morgan fingerprint density at radius 2 is 2.27 bits per heavy atom. The van der Waals surface area contributed by atoms with Crippen molar-refractivity contribution in [2.75, 3.05) is 0 Å². The van der Waals surface area contributed by atoms with Gasteiger partial charge in [0.2, 0.25) is 0 Å². The largest absolute Gasteiger partial charge is 0.479 e. The summed E-state index contributed by atoms with van der Waals surface area (Å²) in [6.45, 7) is 0.